The zero-order valence-corrected chi connectivity index (χ0v) is 22.7. The molecule has 3 aromatic carbocycles. The number of nitrogens with zero attached hydrogens (tertiary/aromatic N) is 2. The Labute approximate surface area is 224 Å². The quantitative estimate of drug-likeness (QED) is 0.393. The second-order valence-electron chi connectivity index (χ2n) is 9.12. The highest BCUT2D eigenvalue weighted by Crippen LogP contribution is 2.22. The standard InChI is InChI=1S/C28H32ClN3O4S/c1-21(2)30-28(34)26(18-22-10-6-4-7-11-22)31(19-23-12-8-5-9-13-23)27(33)20-32(37(3,35)36)25-16-14-24(29)15-17-25/h4-17,21,26H,18-20H2,1-3H3,(H,30,34)/t26-/m1/s1. The molecular formula is C28H32ClN3O4S. The van der Waals surface area contributed by atoms with Gasteiger partial charge in [-0.1, -0.05) is 72.3 Å². The van der Waals surface area contributed by atoms with E-state index >= 15 is 0 Å². The molecule has 0 fully saturated rings. The second kappa shape index (κ2) is 12.7. The van der Waals surface area contributed by atoms with Gasteiger partial charge in [0.2, 0.25) is 21.8 Å². The maximum Gasteiger partial charge on any atom is 0.244 e. The van der Waals surface area contributed by atoms with Crippen LogP contribution in [0, 0.1) is 0 Å². The topological polar surface area (TPSA) is 86.8 Å². The lowest BCUT2D eigenvalue weighted by Gasteiger charge is -2.34. The summed E-state index contributed by atoms with van der Waals surface area (Å²) in [6.45, 7) is 3.38. The molecule has 0 spiro atoms. The van der Waals surface area contributed by atoms with Crippen molar-refractivity contribution in [2.75, 3.05) is 17.1 Å². The predicted octanol–water partition coefficient (Wildman–Crippen LogP) is 4.27. The number of carbonyl (C=O) groups is 2. The number of halogens is 1. The zero-order valence-electron chi connectivity index (χ0n) is 21.2. The number of carbonyl (C=O) groups excluding carboxylic acids is 2. The fourth-order valence-electron chi connectivity index (χ4n) is 3.94. The van der Waals surface area contributed by atoms with E-state index in [4.69, 9.17) is 11.6 Å². The van der Waals surface area contributed by atoms with E-state index in [1.54, 1.807) is 24.3 Å². The first-order chi connectivity index (χ1) is 17.5. The summed E-state index contributed by atoms with van der Waals surface area (Å²) in [5.74, 6) is -0.801. The van der Waals surface area contributed by atoms with Gasteiger partial charge in [-0.3, -0.25) is 13.9 Å². The van der Waals surface area contributed by atoms with Crippen LogP contribution < -0.4 is 9.62 Å². The van der Waals surface area contributed by atoms with E-state index in [1.807, 2.05) is 74.5 Å². The molecule has 37 heavy (non-hydrogen) atoms. The molecule has 0 heterocycles. The number of amides is 2. The third kappa shape index (κ3) is 8.33. The molecule has 0 saturated carbocycles. The van der Waals surface area contributed by atoms with Gasteiger partial charge >= 0.3 is 0 Å². The van der Waals surface area contributed by atoms with Crippen LogP contribution in [0.2, 0.25) is 5.02 Å². The molecule has 2 amide bonds. The van der Waals surface area contributed by atoms with Crippen molar-refractivity contribution in [3.63, 3.8) is 0 Å². The van der Waals surface area contributed by atoms with Crippen LogP contribution >= 0.6 is 11.6 Å². The molecule has 0 aliphatic carbocycles. The lowest BCUT2D eigenvalue weighted by atomic mass is 10.0. The van der Waals surface area contributed by atoms with E-state index in [1.165, 1.54) is 4.90 Å². The van der Waals surface area contributed by atoms with Crippen molar-refractivity contribution in [1.82, 2.24) is 10.2 Å². The molecule has 0 bridgehead atoms. The normalized spacial score (nSPS) is 12.1. The summed E-state index contributed by atoms with van der Waals surface area (Å²) in [5, 5.41) is 3.37. The summed E-state index contributed by atoms with van der Waals surface area (Å²) in [6, 6.07) is 24.0. The molecule has 7 nitrogen and oxygen atoms in total. The molecule has 0 aliphatic heterocycles. The number of rotatable bonds is 11. The Morgan fingerprint density at radius 1 is 0.865 bits per heavy atom. The number of nitrogens with one attached hydrogen (secondary N) is 1. The Balaban J connectivity index is 2.02. The summed E-state index contributed by atoms with van der Waals surface area (Å²) in [6.07, 6.45) is 1.32. The van der Waals surface area contributed by atoms with Gasteiger partial charge in [-0.15, -0.1) is 0 Å². The van der Waals surface area contributed by atoms with Gasteiger partial charge < -0.3 is 10.2 Å². The third-order valence-electron chi connectivity index (χ3n) is 5.69. The Kier molecular flexibility index (Phi) is 9.72. The maximum atomic E-state index is 13.9. The molecule has 0 aromatic heterocycles. The van der Waals surface area contributed by atoms with Gasteiger partial charge in [0.15, 0.2) is 0 Å². The molecule has 1 atom stereocenters. The first-order valence-electron chi connectivity index (χ1n) is 12.0. The van der Waals surface area contributed by atoms with Crippen LogP contribution in [-0.2, 0) is 32.6 Å². The van der Waals surface area contributed by atoms with E-state index in [0.717, 1.165) is 21.7 Å². The van der Waals surface area contributed by atoms with E-state index in [0.29, 0.717) is 10.7 Å². The summed E-state index contributed by atoms with van der Waals surface area (Å²) in [5.41, 5.74) is 2.02. The molecule has 196 valence electrons. The van der Waals surface area contributed by atoms with Crippen molar-refractivity contribution in [2.24, 2.45) is 0 Å². The second-order valence-corrected chi connectivity index (χ2v) is 11.5. The first kappa shape index (κ1) is 28.2. The van der Waals surface area contributed by atoms with Crippen LogP contribution in [0.15, 0.2) is 84.9 Å². The SMILES string of the molecule is CC(C)NC(=O)[C@@H](Cc1ccccc1)N(Cc1ccccc1)C(=O)CN(c1ccc(Cl)cc1)S(C)(=O)=O. The molecule has 0 saturated heterocycles. The Bertz CT molecular complexity index is 1280. The number of hydrogen-bond donors (Lipinski definition) is 1. The van der Waals surface area contributed by atoms with Gasteiger partial charge in [-0.05, 0) is 49.2 Å². The molecule has 9 heteroatoms. The Morgan fingerprint density at radius 3 is 1.92 bits per heavy atom. The largest absolute Gasteiger partial charge is 0.352 e. The van der Waals surface area contributed by atoms with Crippen LogP contribution in [0.3, 0.4) is 0 Å². The molecule has 0 aliphatic rings. The summed E-state index contributed by atoms with van der Waals surface area (Å²) < 4.78 is 26.5. The molecule has 0 radical (unpaired) electrons. The summed E-state index contributed by atoms with van der Waals surface area (Å²) in [4.78, 5) is 28.8. The molecule has 3 aromatic rings. The zero-order chi connectivity index (χ0) is 27.0. The van der Waals surface area contributed by atoms with Gasteiger partial charge in [0.25, 0.3) is 0 Å². The number of sulfonamides is 1. The van der Waals surface area contributed by atoms with Gasteiger partial charge in [-0.25, -0.2) is 8.42 Å². The number of benzene rings is 3. The highest BCUT2D eigenvalue weighted by molar-refractivity contribution is 7.92. The van der Waals surface area contributed by atoms with E-state index < -0.39 is 28.5 Å². The average Bonchev–Trinajstić information content (AvgIpc) is 2.85. The van der Waals surface area contributed by atoms with Crippen LogP contribution in [0.25, 0.3) is 0 Å². The van der Waals surface area contributed by atoms with Crippen molar-refractivity contribution in [2.45, 2.75) is 38.9 Å². The van der Waals surface area contributed by atoms with Crippen molar-refractivity contribution in [3.05, 3.63) is 101 Å². The van der Waals surface area contributed by atoms with E-state index in [-0.39, 0.29) is 24.9 Å². The van der Waals surface area contributed by atoms with Crippen LogP contribution in [-0.4, -0.2) is 50.0 Å². The highest BCUT2D eigenvalue weighted by Gasteiger charge is 2.33. The molecule has 0 unspecified atom stereocenters. The highest BCUT2D eigenvalue weighted by atomic mass is 35.5. The average molecular weight is 542 g/mol. The fraction of sp³-hybridized carbons (Fsp3) is 0.286. The molecule has 1 N–H and O–H groups in total. The summed E-state index contributed by atoms with van der Waals surface area (Å²) >= 11 is 5.98. The molecular weight excluding hydrogens is 510 g/mol. The lowest BCUT2D eigenvalue weighted by Crippen LogP contribution is -2.54. The first-order valence-corrected chi connectivity index (χ1v) is 14.2. The molecule has 3 rings (SSSR count). The third-order valence-corrected chi connectivity index (χ3v) is 7.08. The fourth-order valence-corrected chi connectivity index (χ4v) is 4.91. The minimum absolute atomic E-state index is 0.138. The van der Waals surface area contributed by atoms with Crippen molar-refractivity contribution < 1.29 is 18.0 Å². The van der Waals surface area contributed by atoms with E-state index in [2.05, 4.69) is 5.32 Å². The van der Waals surface area contributed by atoms with E-state index in [9.17, 15) is 18.0 Å². The van der Waals surface area contributed by atoms with Gasteiger partial charge in [0, 0.05) is 24.0 Å². The lowest BCUT2D eigenvalue weighted by molar-refractivity contribution is -0.140. The predicted molar refractivity (Wildman–Crippen MR) is 148 cm³/mol. The Morgan fingerprint density at radius 2 is 1.41 bits per heavy atom. The smallest absolute Gasteiger partial charge is 0.244 e. The van der Waals surface area contributed by atoms with Gasteiger partial charge in [0.05, 0.1) is 11.9 Å². The maximum absolute atomic E-state index is 13.9. The monoisotopic (exact) mass is 541 g/mol. The van der Waals surface area contributed by atoms with Crippen molar-refractivity contribution >= 4 is 39.1 Å². The number of anilines is 1. The summed E-state index contributed by atoms with van der Waals surface area (Å²) in [7, 11) is -3.81. The van der Waals surface area contributed by atoms with Gasteiger partial charge in [-0.2, -0.15) is 0 Å². The Hall–Kier alpha value is -3.36. The van der Waals surface area contributed by atoms with Crippen molar-refractivity contribution in [3.8, 4) is 0 Å². The van der Waals surface area contributed by atoms with Crippen LogP contribution in [0.5, 0.6) is 0 Å². The minimum atomic E-state index is -3.81. The van der Waals surface area contributed by atoms with Crippen LogP contribution in [0.1, 0.15) is 25.0 Å². The van der Waals surface area contributed by atoms with Gasteiger partial charge in [0.1, 0.15) is 12.6 Å². The van der Waals surface area contributed by atoms with Crippen molar-refractivity contribution in [1.29, 1.82) is 0 Å². The number of hydrogen-bond acceptors (Lipinski definition) is 4. The van der Waals surface area contributed by atoms with Crippen LogP contribution in [0.4, 0.5) is 5.69 Å². The minimum Gasteiger partial charge on any atom is -0.352 e.